The molecular weight excluding hydrogens is 309 g/mol. The molecule has 0 aromatic heterocycles. The summed E-state index contributed by atoms with van der Waals surface area (Å²) in [5.41, 5.74) is -0.0384. The zero-order valence-electron chi connectivity index (χ0n) is 13.3. The minimum Gasteiger partial charge on any atom is -0.397 e. The summed E-state index contributed by atoms with van der Waals surface area (Å²) in [6.07, 6.45) is 3.59. The molecule has 6 heteroatoms. The fraction of sp³-hybridized carbons (Fsp3) is 0.625. The summed E-state index contributed by atoms with van der Waals surface area (Å²) in [5, 5.41) is 0. The smallest absolute Gasteiger partial charge is 0.321 e. The van der Waals surface area contributed by atoms with E-state index >= 15 is 0 Å². The maximum Gasteiger partial charge on any atom is 0.321 e. The Bertz CT molecular complexity index is 412. The van der Waals surface area contributed by atoms with E-state index in [9.17, 15) is 13.2 Å². The Hall–Kier alpha value is -0.853. The van der Waals surface area contributed by atoms with Crippen molar-refractivity contribution in [2.75, 3.05) is 13.2 Å². The molecule has 0 aliphatic carbocycles. The summed E-state index contributed by atoms with van der Waals surface area (Å²) in [4.78, 5) is 0. The fourth-order valence-corrected chi connectivity index (χ4v) is 4.19. The van der Waals surface area contributed by atoms with Crippen LogP contribution in [0.5, 0.6) is 0 Å². The van der Waals surface area contributed by atoms with E-state index in [2.05, 4.69) is 0 Å². The van der Waals surface area contributed by atoms with Crippen molar-refractivity contribution in [2.24, 2.45) is 0 Å². The summed E-state index contributed by atoms with van der Waals surface area (Å²) >= 11 is 0. The van der Waals surface area contributed by atoms with Gasteiger partial charge in [-0.05, 0) is 31.7 Å². The Kier molecular flexibility index (Phi) is 9.43. The lowest BCUT2D eigenvalue weighted by Crippen LogP contribution is -2.23. The van der Waals surface area contributed by atoms with Crippen LogP contribution in [-0.2, 0) is 15.3 Å². The SMILES string of the molecule is CCCO[SiH](CCCCc1c(F)cc(F)cc1F)OCCC. The van der Waals surface area contributed by atoms with Crippen LogP contribution in [0.2, 0.25) is 6.04 Å². The van der Waals surface area contributed by atoms with Gasteiger partial charge in [-0.3, -0.25) is 0 Å². The zero-order chi connectivity index (χ0) is 16.4. The van der Waals surface area contributed by atoms with E-state index < -0.39 is 26.7 Å². The van der Waals surface area contributed by atoms with Gasteiger partial charge >= 0.3 is 9.28 Å². The summed E-state index contributed by atoms with van der Waals surface area (Å²) in [6, 6.07) is 2.28. The van der Waals surface area contributed by atoms with E-state index in [1.807, 2.05) is 13.8 Å². The maximum atomic E-state index is 13.5. The largest absolute Gasteiger partial charge is 0.397 e. The highest BCUT2D eigenvalue weighted by Crippen LogP contribution is 2.18. The Morgan fingerprint density at radius 3 is 1.95 bits per heavy atom. The van der Waals surface area contributed by atoms with Crippen LogP contribution in [0.15, 0.2) is 12.1 Å². The molecule has 1 aromatic rings. The van der Waals surface area contributed by atoms with Gasteiger partial charge in [-0.1, -0.05) is 20.3 Å². The van der Waals surface area contributed by atoms with Crippen molar-refractivity contribution in [3.05, 3.63) is 35.1 Å². The monoisotopic (exact) mass is 334 g/mol. The van der Waals surface area contributed by atoms with Crippen LogP contribution in [0.1, 0.15) is 45.1 Å². The molecule has 0 radical (unpaired) electrons. The van der Waals surface area contributed by atoms with Gasteiger partial charge in [0.05, 0.1) is 0 Å². The van der Waals surface area contributed by atoms with Crippen LogP contribution in [0.4, 0.5) is 13.2 Å². The van der Waals surface area contributed by atoms with E-state index in [1.165, 1.54) is 0 Å². The highest BCUT2D eigenvalue weighted by molar-refractivity contribution is 6.44. The maximum absolute atomic E-state index is 13.5. The van der Waals surface area contributed by atoms with Crippen molar-refractivity contribution < 1.29 is 22.0 Å². The molecule has 126 valence electrons. The van der Waals surface area contributed by atoms with Crippen LogP contribution in [-0.4, -0.2) is 22.5 Å². The second-order valence-electron chi connectivity index (χ2n) is 5.26. The number of halogens is 3. The lowest BCUT2D eigenvalue weighted by molar-refractivity contribution is 0.195. The Morgan fingerprint density at radius 1 is 0.909 bits per heavy atom. The summed E-state index contributed by atoms with van der Waals surface area (Å²) in [7, 11) is -1.67. The minimum absolute atomic E-state index is 0.0384. The second-order valence-corrected chi connectivity index (χ2v) is 7.37. The molecule has 1 rings (SSSR count). The first-order chi connectivity index (χ1) is 10.6. The molecule has 0 aliphatic rings. The van der Waals surface area contributed by atoms with Gasteiger partial charge in [0.15, 0.2) is 0 Å². The van der Waals surface area contributed by atoms with Crippen LogP contribution >= 0.6 is 0 Å². The van der Waals surface area contributed by atoms with Crippen molar-refractivity contribution in [1.29, 1.82) is 0 Å². The van der Waals surface area contributed by atoms with Crippen LogP contribution in [0.25, 0.3) is 0 Å². The number of hydrogen-bond acceptors (Lipinski definition) is 2. The summed E-state index contributed by atoms with van der Waals surface area (Å²) in [5.74, 6) is -2.50. The average Bonchev–Trinajstić information content (AvgIpc) is 2.47. The molecule has 0 bridgehead atoms. The molecule has 0 spiro atoms. The van der Waals surface area contributed by atoms with Crippen molar-refractivity contribution >= 4 is 9.28 Å². The number of hydrogen-bond donors (Lipinski definition) is 0. The third-order valence-electron chi connectivity index (χ3n) is 3.24. The number of rotatable bonds is 11. The molecule has 0 aliphatic heterocycles. The van der Waals surface area contributed by atoms with E-state index in [1.54, 1.807) is 0 Å². The fourth-order valence-electron chi connectivity index (χ4n) is 2.14. The zero-order valence-corrected chi connectivity index (χ0v) is 14.5. The lowest BCUT2D eigenvalue weighted by Gasteiger charge is -2.16. The van der Waals surface area contributed by atoms with Gasteiger partial charge in [0.25, 0.3) is 0 Å². The topological polar surface area (TPSA) is 18.5 Å². The number of unbranched alkanes of at least 4 members (excludes halogenated alkanes) is 1. The van der Waals surface area contributed by atoms with Crippen molar-refractivity contribution in [2.45, 2.75) is 52.0 Å². The van der Waals surface area contributed by atoms with Crippen molar-refractivity contribution in [3.8, 4) is 0 Å². The Morgan fingerprint density at radius 2 is 1.45 bits per heavy atom. The van der Waals surface area contributed by atoms with Gasteiger partial charge in [0.2, 0.25) is 0 Å². The first-order valence-corrected chi connectivity index (χ1v) is 9.71. The molecule has 0 saturated heterocycles. The second kappa shape index (κ2) is 10.8. The summed E-state index contributed by atoms with van der Waals surface area (Å²) in [6.45, 7) is 5.49. The predicted octanol–water partition coefficient (Wildman–Crippen LogP) is 4.50. The molecule has 0 fully saturated rings. The molecule has 0 saturated carbocycles. The Labute approximate surface area is 132 Å². The van der Waals surface area contributed by atoms with E-state index in [-0.39, 0.29) is 12.0 Å². The van der Waals surface area contributed by atoms with Gasteiger partial charge in [-0.15, -0.1) is 0 Å². The normalized spacial score (nSPS) is 11.4. The molecule has 22 heavy (non-hydrogen) atoms. The van der Waals surface area contributed by atoms with Gasteiger partial charge < -0.3 is 8.85 Å². The molecule has 0 heterocycles. The highest BCUT2D eigenvalue weighted by atomic mass is 28.3. The van der Waals surface area contributed by atoms with Gasteiger partial charge in [0, 0.05) is 30.9 Å². The predicted molar refractivity (Wildman–Crippen MR) is 83.7 cm³/mol. The number of benzene rings is 1. The molecule has 1 aromatic carbocycles. The lowest BCUT2D eigenvalue weighted by atomic mass is 10.1. The van der Waals surface area contributed by atoms with E-state index in [0.29, 0.717) is 19.6 Å². The molecule has 2 nitrogen and oxygen atoms in total. The van der Waals surface area contributed by atoms with Gasteiger partial charge in [-0.2, -0.15) is 0 Å². The van der Waals surface area contributed by atoms with Gasteiger partial charge in [0.1, 0.15) is 17.5 Å². The third kappa shape index (κ3) is 6.94. The Balaban J connectivity index is 2.39. The van der Waals surface area contributed by atoms with Gasteiger partial charge in [-0.25, -0.2) is 13.2 Å². The molecule has 0 amide bonds. The van der Waals surface area contributed by atoms with Crippen LogP contribution < -0.4 is 0 Å². The first kappa shape index (κ1) is 19.2. The van der Waals surface area contributed by atoms with Crippen molar-refractivity contribution in [1.82, 2.24) is 0 Å². The molecular formula is C16H25F3O2Si. The highest BCUT2D eigenvalue weighted by Gasteiger charge is 2.14. The summed E-state index contributed by atoms with van der Waals surface area (Å²) < 4.78 is 51.3. The average molecular weight is 334 g/mol. The van der Waals surface area contributed by atoms with E-state index in [4.69, 9.17) is 8.85 Å². The first-order valence-electron chi connectivity index (χ1n) is 7.95. The minimum atomic E-state index is -1.67. The third-order valence-corrected chi connectivity index (χ3v) is 5.33. The van der Waals surface area contributed by atoms with Crippen LogP contribution in [0, 0.1) is 17.5 Å². The molecule has 0 N–H and O–H groups in total. The van der Waals surface area contributed by atoms with Crippen molar-refractivity contribution in [3.63, 3.8) is 0 Å². The molecule has 0 unspecified atom stereocenters. The van der Waals surface area contributed by atoms with Crippen LogP contribution in [0.3, 0.4) is 0 Å². The quantitative estimate of drug-likeness (QED) is 0.438. The molecule has 0 atom stereocenters. The standard InChI is InChI=1S/C16H25F3O2Si/c1-3-8-20-22(21-9-4-2)10-6-5-7-14-15(18)11-13(17)12-16(14)19/h11-12,22H,3-10H2,1-2H3. The van der Waals surface area contributed by atoms with E-state index in [0.717, 1.165) is 37.4 Å².